The molecule has 1 aliphatic carbocycles. The van der Waals surface area contributed by atoms with E-state index in [0.717, 1.165) is 6.42 Å². The van der Waals surface area contributed by atoms with Crippen LogP contribution in [-0.2, 0) is 0 Å². The Bertz CT molecular complexity index is 149. The lowest BCUT2D eigenvalue weighted by molar-refractivity contribution is -0.208. The molecule has 0 bridgehead atoms. The Hall–Kier alpha value is 0.880. The smallest absolute Gasteiger partial charge is 0.166 e. The maximum Gasteiger partial charge on any atom is 0.166 e. The Morgan fingerprint density at radius 3 is 2.36 bits per heavy atom. The van der Waals surface area contributed by atoms with Gasteiger partial charge in [0.05, 0.1) is 0 Å². The second kappa shape index (κ2) is 3.32. The van der Waals surface area contributed by atoms with E-state index in [1.165, 1.54) is 0 Å². The zero-order valence-electron chi connectivity index (χ0n) is 6.30. The summed E-state index contributed by atoms with van der Waals surface area (Å²) in [5, 5.41) is 18.9. The van der Waals surface area contributed by atoms with Crippen molar-refractivity contribution in [3.63, 3.8) is 0 Å². The van der Waals surface area contributed by atoms with Crippen molar-refractivity contribution >= 4 is 31.9 Å². The fourth-order valence-electron chi connectivity index (χ4n) is 1.31. The molecule has 0 aromatic heterocycles. The lowest BCUT2D eigenvalue weighted by Gasteiger charge is -2.39. The SMILES string of the molecule is CC1C(Br)C(Br)CCC1(O)O. The van der Waals surface area contributed by atoms with E-state index in [9.17, 15) is 10.2 Å². The average Bonchev–Trinajstić information content (AvgIpc) is 1.95. The number of hydrogen-bond donors (Lipinski definition) is 2. The Kier molecular flexibility index (Phi) is 3.01. The van der Waals surface area contributed by atoms with Gasteiger partial charge in [0, 0.05) is 22.0 Å². The minimum atomic E-state index is -1.49. The van der Waals surface area contributed by atoms with E-state index in [0.29, 0.717) is 11.2 Å². The topological polar surface area (TPSA) is 40.5 Å². The monoisotopic (exact) mass is 286 g/mol. The van der Waals surface area contributed by atoms with Crippen LogP contribution in [0.5, 0.6) is 0 Å². The minimum absolute atomic E-state index is 0.124. The van der Waals surface area contributed by atoms with Gasteiger partial charge in [-0.15, -0.1) is 0 Å². The summed E-state index contributed by atoms with van der Waals surface area (Å²) in [6, 6.07) is 0. The van der Waals surface area contributed by atoms with Gasteiger partial charge in [-0.1, -0.05) is 38.8 Å². The van der Waals surface area contributed by atoms with Gasteiger partial charge in [0.15, 0.2) is 5.79 Å². The fourth-order valence-corrected chi connectivity index (χ4v) is 2.68. The van der Waals surface area contributed by atoms with Gasteiger partial charge in [-0.3, -0.25) is 0 Å². The molecule has 2 N–H and O–H groups in total. The normalized spacial score (nSPS) is 43.9. The average molecular weight is 288 g/mol. The summed E-state index contributed by atoms with van der Waals surface area (Å²) in [5.41, 5.74) is 0. The molecule has 1 aliphatic rings. The van der Waals surface area contributed by atoms with Gasteiger partial charge in [0.1, 0.15) is 0 Å². The van der Waals surface area contributed by atoms with Crippen LogP contribution in [0.15, 0.2) is 0 Å². The van der Waals surface area contributed by atoms with E-state index < -0.39 is 5.79 Å². The molecule has 11 heavy (non-hydrogen) atoms. The van der Waals surface area contributed by atoms with Crippen LogP contribution in [0.25, 0.3) is 0 Å². The Morgan fingerprint density at radius 2 is 1.91 bits per heavy atom. The standard InChI is InChI=1S/C7H12Br2O2/c1-4-6(9)5(8)2-3-7(4,10)11/h4-6,10-11H,2-3H2,1H3. The van der Waals surface area contributed by atoms with Crippen LogP contribution in [-0.4, -0.2) is 25.7 Å². The molecule has 0 aromatic rings. The fraction of sp³-hybridized carbons (Fsp3) is 1.00. The molecule has 3 unspecified atom stereocenters. The number of halogens is 2. The van der Waals surface area contributed by atoms with Crippen molar-refractivity contribution < 1.29 is 10.2 Å². The van der Waals surface area contributed by atoms with Gasteiger partial charge in [0.25, 0.3) is 0 Å². The molecule has 0 aromatic carbocycles. The van der Waals surface area contributed by atoms with E-state index in [1.807, 2.05) is 6.92 Å². The van der Waals surface area contributed by atoms with Crippen LogP contribution in [0.4, 0.5) is 0 Å². The van der Waals surface area contributed by atoms with Crippen molar-refractivity contribution in [3.05, 3.63) is 0 Å². The van der Waals surface area contributed by atoms with Crippen molar-refractivity contribution in [2.24, 2.45) is 5.92 Å². The maximum absolute atomic E-state index is 9.44. The van der Waals surface area contributed by atoms with Crippen molar-refractivity contribution in [1.82, 2.24) is 0 Å². The quantitative estimate of drug-likeness (QED) is 0.525. The van der Waals surface area contributed by atoms with E-state index in [4.69, 9.17) is 0 Å². The number of hydrogen-bond acceptors (Lipinski definition) is 2. The van der Waals surface area contributed by atoms with Crippen LogP contribution >= 0.6 is 31.9 Å². The highest BCUT2D eigenvalue weighted by atomic mass is 79.9. The van der Waals surface area contributed by atoms with Crippen LogP contribution in [0.1, 0.15) is 19.8 Å². The first kappa shape index (κ1) is 9.96. The second-order valence-corrected chi connectivity index (χ2v) is 5.40. The summed E-state index contributed by atoms with van der Waals surface area (Å²) in [6.07, 6.45) is 1.25. The third-order valence-electron chi connectivity index (χ3n) is 2.34. The largest absolute Gasteiger partial charge is 0.365 e. The molecule has 0 spiro atoms. The molecule has 0 aliphatic heterocycles. The van der Waals surface area contributed by atoms with Gasteiger partial charge in [-0.2, -0.15) is 0 Å². The molecule has 4 heteroatoms. The van der Waals surface area contributed by atoms with Crippen molar-refractivity contribution in [1.29, 1.82) is 0 Å². The summed E-state index contributed by atoms with van der Waals surface area (Å²) >= 11 is 6.90. The third kappa shape index (κ3) is 1.97. The van der Waals surface area contributed by atoms with Crippen molar-refractivity contribution in [2.75, 3.05) is 0 Å². The minimum Gasteiger partial charge on any atom is -0.365 e. The summed E-state index contributed by atoms with van der Waals surface area (Å²) in [7, 11) is 0. The lowest BCUT2D eigenvalue weighted by atomic mass is 9.85. The van der Waals surface area contributed by atoms with Crippen molar-refractivity contribution in [2.45, 2.75) is 35.2 Å². The van der Waals surface area contributed by atoms with Gasteiger partial charge < -0.3 is 10.2 Å². The Labute approximate surface area is 83.2 Å². The summed E-state index contributed by atoms with van der Waals surface area (Å²) in [6.45, 7) is 1.84. The zero-order valence-corrected chi connectivity index (χ0v) is 9.47. The van der Waals surface area contributed by atoms with Gasteiger partial charge in [-0.05, 0) is 6.42 Å². The molecule has 1 fully saturated rings. The molecule has 0 heterocycles. The molecule has 3 atom stereocenters. The first-order valence-electron chi connectivity index (χ1n) is 3.68. The highest BCUT2D eigenvalue weighted by molar-refractivity contribution is 9.12. The molecular formula is C7H12Br2O2. The molecule has 0 amide bonds. The Morgan fingerprint density at radius 1 is 1.36 bits per heavy atom. The first-order valence-corrected chi connectivity index (χ1v) is 5.51. The van der Waals surface area contributed by atoms with Gasteiger partial charge in [-0.25, -0.2) is 0 Å². The second-order valence-electron chi connectivity index (χ2n) is 3.17. The number of rotatable bonds is 0. The van der Waals surface area contributed by atoms with Crippen LogP contribution in [0, 0.1) is 5.92 Å². The zero-order chi connectivity index (χ0) is 8.65. The molecule has 1 saturated carbocycles. The summed E-state index contributed by atoms with van der Waals surface area (Å²) < 4.78 is 0. The first-order chi connectivity index (χ1) is 4.95. The Balaban J connectivity index is 2.67. The van der Waals surface area contributed by atoms with E-state index >= 15 is 0 Å². The molecule has 1 rings (SSSR count). The van der Waals surface area contributed by atoms with E-state index in [2.05, 4.69) is 31.9 Å². The van der Waals surface area contributed by atoms with Crippen molar-refractivity contribution in [3.8, 4) is 0 Å². The maximum atomic E-state index is 9.44. The predicted molar refractivity (Wildman–Crippen MR) is 51.0 cm³/mol. The van der Waals surface area contributed by atoms with Gasteiger partial charge in [0.2, 0.25) is 0 Å². The van der Waals surface area contributed by atoms with E-state index in [1.54, 1.807) is 0 Å². The highest BCUT2D eigenvalue weighted by Gasteiger charge is 2.42. The molecule has 66 valence electrons. The number of aliphatic hydroxyl groups is 2. The third-order valence-corrected chi connectivity index (χ3v) is 5.51. The molecule has 2 nitrogen and oxygen atoms in total. The van der Waals surface area contributed by atoms with Crippen LogP contribution < -0.4 is 0 Å². The summed E-state index contributed by atoms with van der Waals surface area (Å²) in [5.74, 6) is -1.61. The van der Waals surface area contributed by atoms with Crippen LogP contribution in [0.3, 0.4) is 0 Å². The number of alkyl halides is 2. The molecule has 0 radical (unpaired) electrons. The molecule has 0 saturated heterocycles. The van der Waals surface area contributed by atoms with Gasteiger partial charge >= 0.3 is 0 Å². The highest BCUT2D eigenvalue weighted by Crippen LogP contribution is 2.39. The summed E-state index contributed by atoms with van der Waals surface area (Å²) in [4.78, 5) is 0.496. The predicted octanol–water partition coefficient (Wildman–Crippen LogP) is 1.62. The van der Waals surface area contributed by atoms with E-state index in [-0.39, 0.29) is 10.7 Å². The molecular weight excluding hydrogens is 276 g/mol. The lowest BCUT2D eigenvalue weighted by Crippen LogP contribution is -2.48. The van der Waals surface area contributed by atoms with Crippen LogP contribution in [0.2, 0.25) is 0 Å².